The standard InChI is InChI=1S/C26H28N10/c1-36(22-10-11-23(20(14-22)15-27)30-16-18-6-3-2-4-7-18)26-32-17-31-25(34-26)33-21-9-5-8-19(12-21)13-24(28)35-29/h2-12,14-15,17,27,30H,13,16,29H2,1H3,(H2,28,35)(H,31,32,33,34). The first-order valence-corrected chi connectivity index (χ1v) is 11.3. The molecule has 4 rings (SSSR count). The van der Waals surface area contributed by atoms with Gasteiger partial charge in [-0.15, -0.1) is 0 Å². The molecule has 0 saturated heterocycles. The molecule has 36 heavy (non-hydrogen) atoms. The predicted molar refractivity (Wildman–Crippen MR) is 145 cm³/mol. The first kappa shape index (κ1) is 24.1. The van der Waals surface area contributed by atoms with Crippen molar-refractivity contribution in [3.05, 3.63) is 95.8 Å². The number of hydrogen-bond acceptors (Lipinski definition) is 9. The van der Waals surface area contributed by atoms with E-state index in [0.717, 1.165) is 28.2 Å². The lowest BCUT2D eigenvalue weighted by molar-refractivity contribution is 0.990. The molecule has 0 aliphatic carbocycles. The number of amidine groups is 1. The average molecular weight is 481 g/mol. The molecule has 0 saturated carbocycles. The molecule has 0 aliphatic heterocycles. The summed E-state index contributed by atoms with van der Waals surface area (Å²) in [6.07, 6.45) is 3.24. The van der Waals surface area contributed by atoms with Gasteiger partial charge >= 0.3 is 0 Å². The number of nitrogens with zero attached hydrogens (tertiary/aromatic N) is 5. The molecule has 0 atom stereocenters. The summed E-state index contributed by atoms with van der Waals surface area (Å²) >= 11 is 0. The maximum absolute atomic E-state index is 7.88. The summed E-state index contributed by atoms with van der Waals surface area (Å²) < 4.78 is 0. The van der Waals surface area contributed by atoms with Gasteiger partial charge in [-0.3, -0.25) is 0 Å². The van der Waals surface area contributed by atoms with Crippen molar-refractivity contribution in [3.63, 3.8) is 0 Å². The van der Waals surface area contributed by atoms with Gasteiger partial charge in [-0.05, 0) is 41.5 Å². The third-order valence-corrected chi connectivity index (χ3v) is 5.50. The normalized spacial score (nSPS) is 11.1. The van der Waals surface area contributed by atoms with E-state index in [0.29, 0.717) is 30.7 Å². The fourth-order valence-electron chi connectivity index (χ4n) is 3.60. The van der Waals surface area contributed by atoms with Gasteiger partial charge in [0.1, 0.15) is 12.2 Å². The number of hydrazone groups is 1. The van der Waals surface area contributed by atoms with Crippen LogP contribution in [0.3, 0.4) is 0 Å². The van der Waals surface area contributed by atoms with Crippen LogP contribution in [0, 0.1) is 5.41 Å². The Morgan fingerprint density at radius 2 is 1.83 bits per heavy atom. The molecule has 7 N–H and O–H groups in total. The zero-order chi connectivity index (χ0) is 25.3. The molecule has 0 aliphatic rings. The first-order chi connectivity index (χ1) is 17.6. The summed E-state index contributed by atoms with van der Waals surface area (Å²) in [7, 11) is 1.87. The van der Waals surface area contributed by atoms with Crippen molar-refractivity contribution in [1.82, 2.24) is 15.0 Å². The number of nitrogens with two attached hydrogens (primary N) is 2. The molecule has 1 heterocycles. The molecule has 182 valence electrons. The lowest BCUT2D eigenvalue weighted by Crippen LogP contribution is -2.17. The second kappa shape index (κ2) is 11.4. The van der Waals surface area contributed by atoms with Crippen molar-refractivity contribution in [3.8, 4) is 0 Å². The van der Waals surface area contributed by atoms with E-state index < -0.39 is 0 Å². The molecule has 0 radical (unpaired) electrons. The van der Waals surface area contributed by atoms with E-state index in [1.807, 2.05) is 72.6 Å². The van der Waals surface area contributed by atoms with Crippen LogP contribution in [0.4, 0.5) is 29.0 Å². The minimum Gasteiger partial charge on any atom is -0.385 e. The lowest BCUT2D eigenvalue weighted by atomic mass is 10.1. The second-order valence-corrected chi connectivity index (χ2v) is 8.05. The molecule has 3 aromatic carbocycles. The number of benzene rings is 3. The molecule has 0 fully saturated rings. The Hall–Kier alpha value is -4.99. The summed E-state index contributed by atoms with van der Waals surface area (Å²) in [6, 6.07) is 23.7. The molecule has 0 unspecified atom stereocenters. The second-order valence-electron chi connectivity index (χ2n) is 8.05. The summed E-state index contributed by atoms with van der Waals surface area (Å²) in [4.78, 5) is 15.0. The smallest absolute Gasteiger partial charge is 0.234 e. The van der Waals surface area contributed by atoms with E-state index in [1.165, 1.54) is 18.1 Å². The summed E-state index contributed by atoms with van der Waals surface area (Å²) in [5.74, 6) is 6.45. The minimum absolute atomic E-state index is 0.349. The van der Waals surface area contributed by atoms with E-state index in [-0.39, 0.29) is 0 Å². The Labute approximate surface area is 209 Å². The van der Waals surface area contributed by atoms with Gasteiger partial charge in [0.25, 0.3) is 0 Å². The maximum atomic E-state index is 7.88. The monoisotopic (exact) mass is 480 g/mol. The number of nitrogens with one attached hydrogen (secondary N) is 3. The largest absolute Gasteiger partial charge is 0.385 e. The van der Waals surface area contributed by atoms with Crippen molar-refractivity contribution >= 4 is 41.0 Å². The number of rotatable bonds is 10. The van der Waals surface area contributed by atoms with Gasteiger partial charge < -0.3 is 32.5 Å². The summed E-state index contributed by atoms with van der Waals surface area (Å²) in [5, 5.41) is 18.0. The van der Waals surface area contributed by atoms with Crippen molar-refractivity contribution in [2.24, 2.45) is 16.7 Å². The SMILES string of the molecule is CN(c1ccc(NCc2ccccc2)c(C=N)c1)c1ncnc(Nc2cccc(C/C(N)=N/N)c2)n1. The molecular formula is C26H28N10. The molecule has 0 spiro atoms. The van der Waals surface area contributed by atoms with Crippen molar-refractivity contribution in [2.45, 2.75) is 13.0 Å². The van der Waals surface area contributed by atoms with Crippen LogP contribution in [0.15, 0.2) is 84.2 Å². The zero-order valence-corrected chi connectivity index (χ0v) is 19.9. The predicted octanol–water partition coefficient (Wildman–Crippen LogP) is 3.77. The van der Waals surface area contributed by atoms with Gasteiger partial charge in [0.15, 0.2) is 0 Å². The number of hydrogen-bond donors (Lipinski definition) is 5. The molecule has 10 nitrogen and oxygen atoms in total. The molecule has 10 heteroatoms. The molecular weight excluding hydrogens is 452 g/mol. The Bertz CT molecular complexity index is 1350. The Balaban J connectivity index is 1.48. The van der Waals surface area contributed by atoms with Crippen LogP contribution in [0.5, 0.6) is 0 Å². The van der Waals surface area contributed by atoms with Crippen LogP contribution in [0.25, 0.3) is 0 Å². The van der Waals surface area contributed by atoms with Crippen LogP contribution in [0.2, 0.25) is 0 Å². The van der Waals surface area contributed by atoms with Gasteiger partial charge in [-0.2, -0.15) is 10.1 Å². The van der Waals surface area contributed by atoms with Gasteiger partial charge in [-0.1, -0.05) is 42.5 Å². The van der Waals surface area contributed by atoms with E-state index in [9.17, 15) is 0 Å². The van der Waals surface area contributed by atoms with Crippen molar-refractivity contribution < 1.29 is 0 Å². The van der Waals surface area contributed by atoms with E-state index in [2.05, 4.69) is 42.8 Å². The highest BCUT2D eigenvalue weighted by Crippen LogP contribution is 2.26. The Kier molecular flexibility index (Phi) is 7.66. The minimum atomic E-state index is 0.349. The van der Waals surface area contributed by atoms with Crippen LogP contribution in [-0.4, -0.2) is 34.0 Å². The molecule has 1 aromatic heterocycles. The highest BCUT2D eigenvalue weighted by Gasteiger charge is 2.12. The quantitative estimate of drug-likeness (QED) is 0.0994. The van der Waals surface area contributed by atoms with Gasteiger partial charge in [0.05, 0.1) is 0 Å². The van der Waals surface area contributed by atoms with E-state index in [1.54, 1.807) is 0 Å². The van der Waals surface area contributed by atoms with Crippen molar-refractivity contribution in [1.29, 1.82) is 5.41 Å². The Morgan fingerprint density at radius 1 is 1.03 bits per heavy atom. The molecule has 4 aromatic rings. The average Bonchev–Trinajstić information content (AvgIpc) is 2.92. The molecule has 0 bridgehead atoms. The summed E-state index contributed by atoms with van der Waals surface area (Å²) in [6.45, 7) is 0.673. The van der Waals surface area contributed by atoms with Gasteiger partial charge in [-0.25, -0.2) is 9.97 Å². The third kappa shape index (κ3) is 6.11. The van der Waals surface area contributed by atoms with Crippen molar-refractivity contribution in [2.75, 3.05) is 22.6 Å². The fraction of sp³-hybridized carbons (Fsp3) is 0.115. The fourth-order valence-corrected chi connectivity index (χ4v) is 3.60. The third-order valence-electron chi connectivity index (χ3n) is 5.50. The van der Waals surface area contributed by atoms with E-state index >= 15 is 0 Å². The highest BCUT2D eigenvalue weighted by molar-refractivity contribution is 5.88. The zero-order valence-electron chi connectivity index (χ0n) is 19.9. The van der Waals surface area contributed by atoms with E-state index in [4.69, 9.17) is 17.0 Å². The van der Waals surface area contributed by atoms with Crippen LogP contribution >= 0.6 is 0 Å². The van der Waals surface area contributed by atoms with Crippen LogP contribution in [-0.2, 0) is 13.0 Å². The summed E-state index contributed by atoms with van der Waals surface area (Å²) in [5.41, 5.74) is 11.1. The number of anilines is 5. The number of aromatic nitrogens is 3. The topological polar surface area (TPSA) is 154 Å². The van der Waals surface area contributed by atoms with Gasteiger partial charge in [0, 0.05) is 48.9 Å². The van der Waals surface area contributed by atoms with Crippen LogP contribution < -0.4 is 27.1 Å². The molecule has 0 amide bonds. The Morgan fingerprint density at radius 3 is 2.61 bits per heavy atom. The maximum Gasteiger partial charge on any atom is 0.234 e. The highest BCUT2D eigenvalue weighted by atomic mass is 15.3. The lowest BCUT2D eigenvalue weighted by Gasteiger charge is -2.19. The van der Waals surface area contributed by atoms with Crippen LogP contribution in [0.1, 0.15) is 16.7 Å². The van der Waals surface area contributed by atoms with Gasteiger partial charge in [0.2, 0.25) is 11.9 Å². The first-order valence-electron chi connectivity index (χ1n) is 11.3.